The molecule has 4 atom stereocenters. The minimum atomic E-state index is -1.57. The molecule has 0 bridgehead atoms. The number of aliphatic hydroxyl groups excluding tert-OH is 1. The Labute approximate surface area is 218 Å². The number of para-hydroxylation sites is 1. The number of phenolic OH excluding ortho intramolecular Hbond substituents is 1. The summed E-state index contributed by atoms with van der Waals surface area (Å²) in [5.41, 5.74) is 8.41. The number of nitrogens with one attached hydrogen (secondary N) is 4. The molecule has 3 aromatic rings. The van der Waals surface area contributed by atoms with Crippen LogP contribution in [0.15, 0.2) is 54.7 Å². The molecule has 3 rings (SSSR count). The lowest BCUT2D eigenvalue weighted by Gasteiger charge is -2.23. The second kappa shape index (κ2) is 12.7. The Hall–Kier alpha value is -4.42. The van der Waals surface area contributed by atoms with Gasteiger partial charge in [0.05, 0.1) is 12.6 Å². The summed E-state index contributed by atoms with van der Waals surface area (Å²) < 4.78 is 0. The second-order valence-electron chi connectivity index (χ2n) is 8.91. The highest BCUT2D eigenvalue weighted by Crippen LogP contribution is 2.19. The van der Waals surface area contributed by atoms with Crippen LogP contribution in [0.4, 0.5) is 0 Å². The van der Waals surface area contributed by atoms with Crippen LogP contribution in [0, 0.1) is 0 Å². The van der Waals surface area contributed by atoms with Crippen molar-refractivity contribution in [1.82, 2.24) is 20.9 Å². The first-order valence-electron chi connectivity index (χ1n) is 11.9. The summed E-state index contributed by atoms with van der Waals surface area (Å²) in [6.07, 6.45) is 1.96. The zero-order chi connectivity index (χ0) is 27.8. The number of H-pyrrole nitrogens is 1. The van der Waals surface area contributed by atoms with E-state index < -0.39 is 54.5 Å². The van der Waals surface area contributed by atoms with E-state index in [4.69, 9.17) is 10.8 Å². The molecule has 12 heteroatoms. The molecule has 0 aliphatic carbocycles. The van der Waals surface area contributed by atoms with Gasteiger partial charge in [0, 0.05) is 23.5 Å². The molecular weight excluding hydrogens is 494 g/mol. The second-order valence-corrected chi connectivity index (χ2v) is 8.91. The molecule has 12 nitrogen and oxygen atoms in total. The quantitative estimate of drug-likeness (QED) is 0.155. The van der Waals surface area contributed by atoms with E-state index in [1.165, 1.54) is 31.2 Å². The lowest BCUT2D eigenvalue weighted by molar-refractivity contribution is -0.143. The topological polar surface area (TPSA) is 207 Å². The molecule has 0 saturated heterocycles. The van der Waals surface area contributed by atoms with Gasteiger partial charge >= 0.3 is 5.97 Å². The largest absolute Gasteiger partial charge is 0.508 e. The molecule has 202 valence electrons. The molecule has 2 aromatic carbocycles. The van der Waals surface area contributed by atoms with Crippen LogP contribution in [0.5, 0.6) is 5.75 Å². The predicted molar refractivity (Wildman–Crippen MR) is 138 cm³/mol. The van der Waals surface area contributed by atoms with Crippen LogP contribution in [0.1, 0.15) is 18.1 Å². The lowest BCUT2D eigenvalue weighted by atomic mass is 10.0. The Bertz CT molecular complexity index is 1290. The van der Waals surface area contributed by atoms with Crippen molar-refractivity contribution in [3.63, 3.8) is 0 Å². The van der Waals surface area contributed by atoms with Gasteiger partial charge in [-0.1, -0.05) is 30.3 Å². The number of aromatic amines is 1. The number of aliphatic carboxylic acids is 1. The van der Waals surface area contributed by atoms with Crippen molar-refractivity contribution in [3.8, 4) is 5.75 Å². The molecule has 0 spiro atoms. The molecule has 0 saturated carbocycles. The van der Waals surface area contributed by atoms with Crippen molar-refractivity contribution in [2.75, 3.05) is 6.61 Å². The molecule has 0 fully saturated rings. The monoisotopic (exact) mass is 525 g/mol. The SMILES string of the molecule is CC(NC(=O)C(N)Cc1c[nH]c2ccccc12)C(=O)NC(Cc1ccc(O)cc1)C(=O)NC(CO)C(=O)O. The van der Waals surface area contributed by atoms with Crippen molar-refractivity contribution < 1.29 is 34.5 Å². The number of carbonyl (C=O) groups excluding carboxylic acids is 3. The van der Waals surface area contributed by atoms with Gasteiger partial charge < -0.3 is 42.0 Å². The van der Waals surface area contributed by atoms with E-state index in [-0.39, 0.29) is 18.6 Å². The maximum absolute atomic E-state index is 12.9. The van der Waals surface area contributed by atoms with Crippen LogP contribution in [0.3, 0.4) is 0 Å². The third-order valence-corrected chi connectivity index (χ3v) is 6.01. The summed E-state index contributed by atoms with van der Waals surface area (Å²) in [5, 5.41) is 36.1. The minimum Gasteiger partial charge on any atom is -0.508 e. The zero-order valence-corrected chi connectivity index (χ0v) is 20.7. The van der Waals surface area contributed by atoms with Crippen molar-refractivity contribution in [2.24, 2.45) is 5.73 Å². The molecule has 0 radical (unpaired) electrons. The number of hydrogen-bond acceptors (Lipinski definition) is 7. The number of carbonyl (C=O) groups is 4. The van der Waals surface area contributed by atoms with E-state index in [0.29, 0.717) is 5.56 Å². The molecule has 38 heavy (non-hydrogen) atoms. The number of benzene rings is 2. The number of nitrogens with two attached hydrogens (primary N) is 1. The van der Waals surface area contributed by atoms with Crippen molar-refractivity contribution in [2.45, 2.75) is 43.9 Å². The number of carboxylic acids is 1. The summed E-state index contributed by atoms with van der Waals surface area (Å²) in [7, 11) is 0. The first-order chi connectivity index (χ1) is 18.1. The number of carboxylic acid groups (broad SMARTS) is 1. The zero-order valence-electron chi connectivity index (χ0n) is 20.7. The lowest BCUT2D eigenvalue weighted by Crippen LogP contribution is -2.57. The van der Waals surface area contributed by atoms with Crippen LogP contribution in [0.2, 0.25) is 0 Å². The molecule has 1 heterocycles. The Morgan fingerprint density at radius 1 is 0.895 bits per heavy atom. The van der Waals surface area contributed by atoms with E-state index in [9.17, 15) is 29.4 Å². The molecular formula is C26H31N5O7. The van der Waals surface area contributed by atoms with Gasteiger partial charge in [-0.25, -0.2) is 4.79 Å². The summed E-state index contributed by atoms with van der Waals surface area (Å²) in [5.74, 6) is -3.55. The maximum atomic E-state index is 12.9. The van der Waals surface area contributed by atoms with Crippen LogP contribution in [0.25, 0.3) is 10.9 Å². The molecule has 4 unspecified atom stereocenters. The van der Waals surface area contributed by atoms with Crippen LogP contribution in [-0.4, -0.2) is 74.8 Å². The first kappa shape index (κ1) is 28.2. The first-order valence-corrected chi connectivity index (χ1v) is 11.9. The summed E-state index contributed by atoms with van der Waals surface area (Å²) in [6, 6.07) is 8.64. The number of aliphatic hydroxyl groups is 1. The van der Waals surface area contributed by atoms with Crippen LogP contribution >= 0.6 is 0 Å². The van der Waals surface area contributed by atoms with Gasteiger partial charge in [0.25, 0.3) is 0 Å². The number of aromatic nitrogens is 1. The van der Waals surface area contributed by atoms with E-state index in [0.717, 1.165) is 16.5 Å². The van der Waals surface area contributed by atoms with Crippen LogP contribution in [-0.2, 0) is 32.0 Å². The Morgan fingerprint density at radius 2 is 1.55 bits per heavy atom. The minimum absolute atomic E-state index is 0.00492. The normalized spacial score (nSPS) is 14.2. The van der Waals surface area contributed by atoms with E-state index in [1.807, 2.05) is 24.3 Å². The van der Waals surface area contributed by atoms with Gasteiger partial charge in [0.15, 0.2) is 0 Å². The van der Waals surface area contributed by atoms with Crippen molar-refractivity contribution in [3.05, 3.63) is 65.9 Å². The Kier molecular flexibility index (Phi) is 9.41. The van der Waals surface area contributed by atoms with Gasteiger partial charge in [-0.3, -0.25) is 14.4 Å². The Morgan fingerprint density at radius 3 is 2.21 bits per heavy atom. The fourth-order valence-corrected chi connectivity index (χ4v) is 3.85. The summed E-state index contributed by atoms with van der Waals surface area (Å²) >= 11 is 0. The average molecular weight is 526 g/mol. The maximum Gasteiger partial charge on any atom is 0.328 e. The standard InChI is InChI=1S/C26H31N5O7/c1-14(29-24(35)19(27)11-16-12-28-20-5-3-2-4-18(16)20)23(34)30-21(10-15-6-8-17(33)9-7-15)25(36)31-22(13-32)26(37)38/h2-9,12,14,19,21-22,28,32-33H,10-11,13,27H2,1H3,(H,29,35)(H,30,34)(H,31,36)(H,37,38). The highest BCUT2D eigenvalue weighted by molar-refractivity contribution is 5.94. The third-order valence-electron chi connectivity index (χ3n) is 6.01. The third kappa shape index (κ3) is 7.31. The molecule has 9 N–H and O–H groups in total. The number of hydrogen-bond donors (Lipinski definition) is 8. The van der Waals surface area contributed by atoms with E-state index >= 15 is 0 Å². The van der Waals surface area contributed by atoms with E-state index in [2.05, 4.69) is 20.9 Å². The Balaban J connectivity index is 1.65. The number of aromatic hydroxyl groups is 1. The van der Waals surface area contributed by atoms with Gasteiger partial charge in [-0.15, -0.1) is 0 Å². The fraction of sp³-hybridized carbons (Fsp3) is 0.308. The fourth-order valence-electron chi connectivity index (χ4n) is 3.85. The van der Waals surface area contributed by atoms with Gasteiger partial charge in [-0.05, 0) is 42.7 Å². The molecule has 1 aromatic heterocycles. The average Bonchev–Trinajstić information content (AvgIpc) is 3.30. The summed E-state index contributed by atoms with van der Waals surface area (Å²) in [6.45, 7) is 0.580. The van der Waals surface area contributed by atoms with Gasteiger partial charge in [0.1, 0.15) is 23.9 Å². The van der Waals surface area contributed by atoms with E-state index in [1.54, 1.807) is 6.20 Å². The molecule has 0 aliphatic rings. The number of phenols is 1. The molecule has 3 amide bonds. The van der Waals surface area contributed by atoms with Gasteiger partial charge in [-0.2, -0.15) is 0 Å². The number of amides is 3. The number of rotatable bonds is 12. The highest BCUT2D eigenvalue weighted by Gasteiger charge is 2.29. The van der Waals surface area contributed by atoms with Crippen LogP contribution < -0.4 is 21.7 Å². The highest BCUT2D eigenvalue weighted by atomic mass is 16.4. The smallest absolute Gasteiger partial charge is 0.328 e. The van der Waals surface area contributed by atoms with Crippen molar-refractivity contribution in [1.29, 1.82) is 0 Å². The van der Waals surface area contributed by atoms with Crippen molar-refractivity contribution >= 4 is 34.6 Å². The van der Waals surface area contributed by atoms with Gasteiger partial charge in [0.2, 0.25) is 17.7 Å². The summed E-state index contributed by atoms with van der Waals surface area (Å²) in [4.78, 5) is 52.7. The molecule has 0 aliphatic heterocycles. The number of fused-ring (bicyclic) bond motifs is 1. The predicted octanol–water partition coefficient (Wildman–Crippen LogP) is -0.463.